The molecule has 13 heteroatoms. The highest BCUT2D eigenvalue weighted by Gasteiger charge is 2.44. The van der Waals surface area contributed by atoms with Crippen molar-refractivity contribution in [3.05, 3.63) is 92.0 Å². The highest BCUT2D eigenvalue weighted by molar-refractivity contribution is 6.39. The van der Waals surface area contributed by atoms with Gasteiger partial charge in [0.2, 0.25) is 0 Å². The second-order valence-corrected chi connectivity index (χ2v) is 13.5. The number of piperazine rings is 1. The van der Waals surface area contributed by atoms with E-state index in [1.165, 1.54) is 0 Å². The van der Waals surface area contributed by atoms with Crippen LogP contribution in [0.2, 0.25) is 10.0 Å². The quantitative estimate of drug-likeness (QED) is 0.223. The second-order valence-electron chi connectivity index (χ2n) is 11.6. The number of nitrogens with one attached hydrogen (secondary N) is 1. The van der Waals surface area contributed by atoms with E-state index in [0.29, 0.717) is 38.5 Å². The molecule has 0 spiro atoms. The molecule has 0 bridgehead atoms. The van der Waals surface area contributed by atoms with Crippen LogP contribution in [0.15, 0.2) is 70.8 Å². The molecule has 0 saturated carbocycles. The minimum absolute atomic E-state index is 0.0878. The Morgan fingerprint density at radius 1 is 0.938 bits per heavy atom. The molecule has 2 aromatic carbocycles. The number of hydrogen-bond donors (Lipinski definition) is 2. The predicted octanol–water partition coefficient (Wildman–Crippen LogP) is 6.47. The molecule has 0 radical (unpaired) electrons. The van der Waals surface area contributed by atoms with Gasteiger partial charge in [0.05, 0.1) is 22.2 Å². The van der Waals surface area contributed by atoms with E-state index in [4.69, 9.17) is 65.7 Å². The van der Waals surface area contributed by atoms with Gasteiger partial charge in [-0.15, -0.1) is 0 Å². The number of carboxylic acids is 1. The zero-order chi connectivity index (χ0) is 34.3. The summed E-state index contributed by atoms with van der Waals surface area (Å²) in [4.78, 5) is 27.9. The van der Waals surface area contributed by atoms with Gasteiger partial charge in [-0.2, -0.15) is 0 Å². The third-order valence-electron chi connectivity index (χ3n) is 8.46. The van der Waals surface area contributed by atoms with Crippen molar-refractivity contribution >= 4 is 70.4 Å². The minimum Gasteiger partial charge on any atom is -0.488 e. The normalized spacial score (nSPS) is 21.9. The summed E-state index contributed by atoms with van der Waals surface area (Å²) in [6, 6.07) is 10.4. The number of carbonyl (C=O) groups is 2. The number of benzene rings is 2. The van der Waals surface area contributed by atoms with Gasteiger partial charge in [0.25, 0.3) is 5.91 Å². The van der Waals surface area contributed by atoms with E-state index in [0.717, 1.165) is 56.9 Å². The molecular weight excluding hydrogens is 700 g/mol. The maximum atomic E-state index is 12.5. The summed E-state index contributed by atoms with van der Waals surface area (Å²) in [5, 5.41) is 12.4. The number of rotatable bonds is 9. The number of allylic oxidation sites excluding steroid dienone is 2. The number of alkyl halides is 1. The molecule has 9 nitrogen and oxygen atoms in total. The van der Waals surface area contributed by atoms with E-state index in [1.807, 2.05) is 18.2 Å². The van der Waals surface area contributed by atoms with Crippen molar-refractivity contribution in [3.8, 4) is 11.5 Å². The van der Waals surface area contributed by atoms with Crippen molar-refractivity contribution in [2.75, 3.05) is 59.6 Å². The molecule has 2 aromatic rings. The molecule has 1 amide bonds. The molecule has 3 aliphatic heterocycles. The summed E-state index contributed by atoms with van der Waals surface area (Å²) in [5.74, 6) is 0.365. The zero-order valence-corrected chi connectivity index (χ0v) is 29.4. The Morgan fingerprint density at radius 2 is 1.54 bits per heavy atom. The third-order valence-corrected chi connectivity index (χ3v) is 10.0. The fraction of sp³-hybridized carbons (Fsp3) is 0.371. The summed E-state index contributed by atoms with van der Waals surface area (Å²) in [7, 11) is 1.59. The molecule has 4 aliphatic rings. The van der Waals surface area contributed by atoms with Crippen LogP contribution in [0.1, 0.15) is 24.0 Å². The Hall–Kier alpha value is -3.02. The van der Waals surface area contributed by atoms with Crippen LogP contribution >= 0.6 is 46.4 Å². The molecule has 256 valence electrons. The zero-order valence-electron chi connectivity index (χ0n) is 26.4. The van der Waals surface area contributed by atoms with E-state index in [2.05, 4.69) is 21.2 Å². The van der Waals surface area contributed by atoms with Crippen molar-refractivity contribution in [3.63, 3.8) is 0 Å². The summed E-state index contributed by atoms with van der Waals surface area (Å²) in [6.45, 7) is 5.72. The van der Waals surface area contributed by atoms with Gasteiger partial charge in [-0.1, -0.05) is 58.6 Å². The maximum Gasteiger partial charge on any atom is 0.335 e. The number of fused-ring (bicyclic) bond motifs is 2. The number of halogens is 4. The molecule has 6 rings (SSSR count). The first-order chi connectivity index (χ1) is 23.1. The summed E-state index contributed by atoms with van der Waals surface area (Å²) in [6.07, 6.45) is 11.1. The van der Waals surface area contributed by atoms with Crippen LogP contribution in [0, 0.1) is 0 Å². The first kappa shape index (κ1) is 36.3. The number of carbonyl (C=O) groups excluding carboxylic acids is 1. The molecule has 1 saturated heterocycles. The molecule has 3 heterocycles. The number of aliphatic carboxylic acids is 1. The van der Waals surface area contributed by atoms with E-state index in [9.17, 15) is 9.59 Å². The Labute approximate surface area is 300 Å². The van der Waals surface area contributed by atoms with Gasteiger partial charge in [0.1, 0.15) is 24.7 Å². The van der Waals surface area contributed by atoms with Gasteiger partial charge in [-0.3, -0.25) is 9.69 Å². The van der Waals surface area contributed by atoms with Crippen molar-refractivity contribution in [1.82, 2.24) is 15.1 Å². The van der Waals surface area contributed by atoms with Gasteiger partial charge in [-0.05, 0) is 74.0 Å². The summed E-state index contributed by atoms with van der Waals surface area (Å²) in [5.41, 5.74) is 2.40. The SMILES string of the molecule is COC1(Cl)C(Cl)=CC=CC1N1CCN(CCCCNC(=O)C2=Cc3cc(Cl)ccc3OC2)CC1.O=C(O)C1=Cc2cc(Cl)ccc2OC1. The van der Waals surface area contributed by atoms with Crippen LogP contribution in [0.3, 0.4) is 0 Å². The fourth-order valence-corrected chi connectivity index (χ4v) is 6.69. The molecule has 0 aromatic heterocycles. The molecule has 1 aliphatic carbocycles. The number of unbranched alkanes of at least 4 members (excludes halogenated alkanes) is 1. The highest BCUT2D eigenvalue weighted by atomic mass is 35.5. The molecule has 2 atom stereocenters. The first-order valence-corrected chi connectivity index (χ1v) is 17.1. The number of ether oxygens (including phenoxy) is 3. The van der Waals surface area contributed by atoms with Crippen LogP contribution < -0.4 is 14.8 Å². The molecule has 1 fully saturated rings. The molecule has 2 unspecified atom stereocenters. The van der Waals surface area contributed by atoms with Gasteiger partial charge in [-0.25, -0.2) is 4.79 Å². The van der Waals surface area contributed by atoms with Crippen LogP contribution in [-0.4, -0.2) is 97.5 Å². The van der Waals surface area contributed by atoms with E-state index in [-0.39, 0.29) is 30.7 Å². The molecular formula is C35H37Cl4N3O6. The van der Waals surface area contributed by atoms with Gasteiger partial charge < -0.3 is 29.5 Å². The van der Waals surface area contributed by atoms with Crippen molar-refractivity contribution < 1.29 is 28.9 Å². The number of hydrogen-bond acceptors (Lipinski definition) is 7. The standard InChI is InChI=1S/C25H30Cl3N3O3.C10H7ClO3/c1-33-25(28)22(27)5-4-6-23(25)31-13-11-30(12-14-31)10-3-2-9-29-24(32)19-15-18-16-20(26)7-8-21(18)34-17-19;11-8-1-2-9-6(4-8)3-7(5-14-9)10(12)13/h4-8,15-16,23H,2-3,9-14,17H2,1H3,(H,29,32);1-4H,5H2,(H,12,13). The highest BCUT2D eigenvalue weighted by Crippen LogP contribution is 2.39. The van der Waals surface area contributed by atoms with Crippen molar-refractivity contribution in [2.45, 2.75) is 23.9 Å². The Morgan fingerprint density at radius 3 is 2.15 bits per heavy atom. The van der Waals surface area contributed by atoms with Crippen LogP contribution in [-0.2, 0) is 14.3 Å². The summed E-state index contributed by atoms with van der Waals surface area (Å²) < 4.78 is 16.5. The smallest absolute Gasteiger partial charge is 0.335 e. The van der Waals surface area contributed by atoms with E-state index >= 15 is 0 Å². The monoisotopic (exact) mass is 735 g/mol. The topological polar surface area (TPSA) is 101 Å². The average Bonchev–Trinajstić information content (AvgIpc) is 3.09. The van der Waals surface area contributed by atoms with Gasteiger partial charge >= 0.3 is 5.97 Å². The lowest BCUT2D eigenvalue weighted by molar-refractivity contribution is -0.133. The van der Waals surface area contributed by atoms with E-state index < -0.39 is 11.0 Å². The first-order valence-electron chi connectivity index (χ1n) is 15.6. The lowest BCUT2D eigenvalue weighted by Crippen LogP contribution is -2.57. The maximum absolute atomic E-state index is 12.5. The largest absolute Gasteiger partial charge is 0.488 e. The number of carboxylic acid groups (broad SMARTS) is 1. The number of methoxy groups -OCH3 is 1. The Balaban J connectivity index is 0.000000267. The lowest BCUT2D eigenvalue weighted by atomic mass is 10.0. The molecule has 2 N–H and O–H groups in total. The Bertz CT molecular complexity index is 1640. The Kier molecular flexibility index (Phi) is 12.5. The van der Waals surface area contributed by atoms with Crippen molar-refractivity contribution in [1.29, 1.82) is 0 Å². The summed E-state index contributed by atoms with van der Waals surface area (Å²) >= 11 is 24.8. The predicted molar refractivity (Wildman–Crippen MR) is 190 cm³/mol. The fourth-order valence-electron chi connectivity index (χ4n) is 5.79. The average molecular weight is 738 g/mol. The van der Waals surface area contributed by atoms with Crippen molar-refractivity contribution in [2.24, 2.45) is 0 Å². The number of amides is 1. The minimum atomic E-state index is -1.02. The van der Waals surface area contributed by atoms with Crippen LogP contribution in [0.4, 0.5) is 0 Å². The van der Waals surface area contributed by atoms with Crippen LogP contribution in [0.5, 0.6) is 11.5 Å². The third kappa shape index (κ3) is 8.95. The van der Waals surface area contributed by atoms with E-state index in [1.54, 1.807) is 49.6 Å². The second kappa shape index (κ2) is 16.6. The lowest BCUT2D eigenvalue weighted by Gasteiger charge is -2.44. The molecule has 48 heavy (non-hydrogen) atoms. The van der Waals surface area contributed by atoms with Gasteiger partial charge in [0, 0.05) is 61.0 Å². The number of nitrogens with zero attached hydrogens (tertiary/aromatic N) is 2. The van der Waals surface area contributed by atoms with Gasteiger partial charge in [0.15, 0.2) is 5.06 Å². The van der Waals surface area contributed by atoms with Crippen LogP contribution in [0.25, 0.3) is 12.2 Å².